The summed E-state index contributed by atoms with van der Waals surface area (Å²) in [6.45, 7) is 0. The highest BCUT2D eigenvalue weighted by Crippen LogP contribution is 1.75. The van der Waals surface area contributed by atoms with E-state index >= 15 is 0 Å². The molecule has 0 atom stereocenters. The molecular weight excluding hydrogens is 126 g/mol. The maximum Gasteiger partial charge on any atom is 0.222 e. The second-order valence-corrected chi connectivity index (χ2v) is 3.09. The molecule has 8 heavy (non-hydrogen) atoms. The van der Waals surface area contributed by atoms with Crippen molar-refractivity contribution >= 4 is 10.0 Å². The first-order chi connectivity index (χ1) is 3.62. The maximum absolute atomic E-state index is 10.3. The standard InChI is InChI=1S/C4H7NO2S/c1-3-4-8(6,7)5-2/h1,5H,4H2,2H3. The molecule has 0 aromatic heterocycles. The Bertz CT molecular complexity index is 187. The summed E-state index contributed by atoms with van der Waals surface area (Å²) in [6, 6.07) is 0. The first-order valence-electron chi connectivity index (χ1n) is 1.97. The van der Waals surface area contributed by atoms with Crippen LogP contribution in [0, 0.1) is 12.3 Å². The van der Waals surface area contributed by atoms with Crippen molar-refractivity contribution in [3.63, 3.8) is 0 Å². The second-order valence-electron chi connectivity index (χ2n) is 1.17. The van der Waals surface area contributed by atoms with E-state index in [1.54, 1.807) is 0 Å². The van der Waals surface area contributed by atoms with Gasteiger partial charge in [0.15, 0.2) is 0 Å². The van der Waals surface area contributed by atoms with Crippen molar-refractivity contribution in [3.05, 3.63) is 0 Å². The number of nitrogens with one attached hydrogen (secondary N) is 1. The lowest BCUT2D eigenvalue weighted by Crippen LogP contribution is -2.20. The highest BCUT2D eigenvalue weighted by molar-refractivity contribution is 7.89. The molecule has 0 fully saturated rings. The Morgan fingerprint density at radius 2 is 2.25 bits per heavy atom. The fraction of sp³-hybridized carbons (Fsp3) is 0.500. The van der Waals surface area contributed by atoms with Crippen LogP contribution in [0.4, 0.5) is 0 Å². The van der Waals surface area contributed by atoms with Gasteiger partial charge in [-0.3, -0.25) is 0 Å². The average Bonchev–Trinajstić information content (AvgIpc) is 1.67. The van der Waals surface area contributed by atoms with Crippen LogP contribution in [0.3, 0.4) is 0 Å². The number of rotatable bonds is 2. The third-order valence-corrected chi connectivity index (χ3v) is 1.75. The van der Waals surface area contributed by atoms with E-state index in [9.17, 15) is 8.42 Å². The van der Waals surface area contributed by atoms with E-state index in [2.05, 4.69) is 4.72 Å². The smallest absolute Gasteiger partial charge is 0.217 e. The predicted octanol–water partition coefficient (Wildman–Crippen LogP) is -0.831. The van der Waals surface area contributed by atoms with E-state index in [0.717, 1.165) is 0 Å². The zero-order chi connectivity index (χ0) is 6.62. The first kappa shape index (κ1) is 7.47. The SMILES string of the molecule is C#CCS(=O)(=O)NC. The molecule has 3 nitrogen and oxygen atoms in total. The van der Waals surface area contributed by atoms with Gasteiger partial charge in [-0.15, -0.1) is 6.42 Å². The molecule has 0 bridgehead atoms. The van der Waals surface area contributed by atoms with Crippen LogP contribution >= 0.6 is 0 Å². The van der Waals surface area contributed by atoms with Crippen molar-refractivity contribution in [1.82, 2.24) is 4.72 Å². The van der Waals surface area contributed by atoms with Crippen LogP contribution in [0.2, 0.25) is 0 Å². The fourth-order valence-corrected chi connectivity index (χ4v) is 0.546. The van der Waals surface area contributed by atoms with Crippen molar-refractivity contribution < 1.29 is 8.42 Å². The zero-order valence-corrected chi connectivity index (χ0v) is 5.33. The lowest BCUT2D eigenvalue weighted by Gasteiger charge is -1.91. The molecule has 1 N–H and O–H groups in total. The molecule has 0 saturated carbocycles. The normalized spacial score (nSPS) is 10.5. The Kier molecular flexibility index (Phi) is 2.52. The highest BCUT2D eigenvalue weighted by atomic mass is 32.2. The fourth-order valence-electron chi connectivity index (χ4n) is 0.182. The molecule has 0 heterocycles. The molecule has 0 spiro atoms. The molecular formula is C4H7NO2S. The molecule has 0 saturated heterocycles. The number of sulfonamides is 1. The summed E-state index contributed by atoms with van der Waals surface area (Å²) in [5, 5.41) is 0. The van der Waals surface area contributed by atoms with E-state index in [1.807, 2.05) is 5.92 Å². The van der Waals surface area contributed by atoms with Gasteiger partial charge >= 0.3 is 0 Å². The maximum atomic E-state index is 10.3. The van der Waals surface area contributed by atoms with Gasteiger partial charge in [-0.1, -0.05) is 5.92 Å². The van der Waals surface area contributed by atoms with Crippen molar-refractivity contribution in [2.45, 2.75) is 0 Å². The minimum Gasteiger partial charge on any atom is -0.217 e. The predicted molar refractivity (Wildman–Crippen MR) is 31.7 cm³/mol. The Hall–Kier alpha value is -0.530. The lowest BCUT2D eigenvalue weighted by atomic mass is 10.8. The average molecular weight is 133 g/mol. The number of hydrogen-bond donors (Lipinski definition) is 1. The number of terminal acetylenes is 1. The summed E-state index contributed by atoms with van der Waals surface area (Å²) >= 11 is 0. The molecule has 0 aliphatic rings. The van der Waals surface area contributed by atoms with Crippen LogP contribution in [0.25, 0.3) is 0 Å². The van der Waals surface area contributed by atoms with E-state index < -0.39 is 10.0 Å². The molecule has 0 unspecified atom stereocenters. The van der Waals surface area contributed by atoms with Crippen molar-refractivity contribution in [2.24, 2.45) is 0 Å². The minimum atomic E-state index is -3.16. The van der Waals surface area contributed by atoms with Crippen LogP contribution in [0.5, 0.6) is 0 Å². The quantitative estimate of drug-likeness (QED) is 0.500. The third kappa shape index (κ3) is 2.61. The van der Waals surface area contributed by atoms with E-state index in [-0.39, 0.29) is 5.75 Å². The Morgan fingerprint density at radius 3 is 2.38 bits per heavy atom. The molecule has 0 radical (unpaired) electrons. The highest BCUT2D eigenvalue weighted by Gasteiger charge is 2.00. The third-order valence-electron chi connectivity index (χ3n) is 0.584. The molecule has 0 rings (SSSR count). The van der Waals surface area contributed by atoms with E-state index in [1.165, 1.54) is 7.05 Å². The summed E-state index contributed by atoms with van der Waals surface area (Å²) in [7, 11) is -1.83. The Labute approximate surface area is 49.1 Å². The van der Waals surface area contributed by atoms with Gasteiger partial charge in [0.2, 0.25) is 10.0 Å². The second kappa shape index (κ2) is 2.70. The first-order valence-corrected chi connectivity index (χ1v) is 3.62. The van der Waals surface area contributed by atoms with Crippen LogP contribution in [0.15, 0.2) is 0 Å². The summed E-state index contributed by atoms with van der Waals surface area (Å²) in [5.41, 5.74) is 0. The molecule has 4 heteroatoms. The molecule has 0 aliphatic heterocycles. The molecule has 0 aliphatic carbocycles. The van der Waals surface area contributed by atoms with Crippen LogP contribution in [0.1, 0.15) is 0 Å². The van der Waals surface area contributed by atoms with Crippen LogP contribution in [-0.2, 0) is 10.0 Å². The molecule has 0 amide bonds. The monoisotopic (exact) mass is 133 g/mol. The van der Waals surface area contributed by atoms with Crippen molar-refractivity contribution in [3.8, 4) is 12.3 Å². The van der Waals surface area contributed by atoms with Gasteiger partial charge in [0.1, 0.15) is 5.75 Å². The van der Waals surface area contributed by atoms with Gasteiger partial charge in [-0.25, -0.2) is 13.1 Å². The van der Waals surface area contributed by atoms with Gasteiger partial charge in [0.05, 0.1) is 0 Å². The van der Waals surface area contributed by atoms with Crippen molar-refractivity contribution in [1.29, 1.82) is 0 Å². The molecule has 46 valence electrons. The van der Waals surface area contributed by atoms with Crippen LogP contribution in [-0.4, -0.2) is 21.2 Å². The minimum absolute atomic E-state index is 0.247. The van der Waals surface area contributed by atoms with Gasteiger partial charge < -0.3 is 0 Å². The summed E-state index contributed by atoms with van der Waals surface area (Å²) in [5.74, 6) is 1.76. The zero-order valence-electron chi connectivity index (χ0n) is 4.51. The Morgan fingerprint density at radius 1 is 1.75 bits per heavy atom. The van der Waals surface area contributed by atoms with Crippen molar-refractivity contribution in [2.75, 3.05) is 12.8 Å². The largest absolute Gasteiger partial charge is 0.222 e. The summed E-state index contributed by atoms with van der Waals surface area (Å²) in [4.78, 5) is 0. The van der Waals surface area contributed by atoms with Crippen LogP contribution < -0.4 is 4.72 Å². The van der Waals surface area contributed by atoms with Gasteiger partial charge in [-0.05, 0) is 7.05 Å². The lowest BCUT2D eigenvalue weighted by molar-refractivity contribution is 0.592. The molecule has 0 aromatic carbocycles. The Balaban J connectivity index is 4.01. The van der Waals surface area contributed by atoms with E-state index in [4.69, 9.17) is 6.42 Å². The summed E-state index contributed by atoms with van der Waals surface area (Å²) in [6.07, 6.45) is 4.72. The van der Waals surface area contributed by atoms with Gasteiger partial charge in [-0.2, -0.15) is 0 Å². The van der Waals surface area contributed by atoms with Gasteiger partial charge in [0, 0.05) is 0 Å². The van der Waals surface area contributed by atoms with E-state index in [0.29, 0.717) is 0 Å². The molecule has 0 aromatic rings. The topological polar surface area (TPSA) is 46.2 Å². The number of hydrogen-bond acceptors (Lipinski definition) is 2. The summed E-state index contributed by atoms with van der Waals surface area (Å²) < 4.78 is 22.8. The van der Waals surface area contributed by atoms with Gasteiger partial charge in [0.25, 0.3) is 0 Å².